The summed E-state index contributed by atoms with van der Waals surface area (Å²) in [6, 6.07) is 9.29. The van der Waals surface area contributed by atoms with Crippen molar-refractivity contribution in [1.82, 2.24) is 4.98 Å². The Bertz CT molecular complexity index is 474. The number of nitrogens with zero attached hydrogens (tertiary/aromatic N) is 1. The van der Waals surface area contributed by atoms with Gasteiger partial charge in [0.2, 0.25) is 0 Å². The number of hydrogen-bond donors (Lipinski definition) is 1. The first-order valence-corrected chi connectivity index (χ1v) is 4.40. The maximum Gasteiger partial charge on any atom is 0.178 e. The number of Topliss-reactive ketones (excluding diaryl/α,β-unsaturated/α-hetero) is 1. The number of fused-ring (bicyclic) bond motifs is 1. The SMILES string of the molecule is NCC(=O)c1cccc2cccnc12. The molecular formula is C11H10N2O. The first-order valence-electron chi connectivity index (χ1n) is 4.40. The average Bonchev–Trinajstić information content (AvgIpc) is 2.27. The van der Waals surface area contributed by atoms with E-state index in [1.807, 2.05) is 24.3 Å². The van der Waals surface area contributed by atoms with Crippen molar-refractivity contribution in [3.8, 4) is 0 Å². The molecule has 0 fully saturated rings. The van der Waals surface area contributed by atoms with Crippen molar-refractivity contribution in [3.63, 3.8) is 0 Å². The molecule has 0 aliphatic carbocycles. The summed E-state index contributed by atoms with van der Waals surface area (Å²) in [6.45, 7) is 0.0235. The van der Waals surface area contributed by atoms with Gasteiger partial charge in [-0.3, -0.25) is 9.78 Å². The molecule has 3 heteroatoms. The molecule has 0 unspecified atom stereocenters. The summed E-state index contributed by atoms with van der Waals surface area (Å²) in [7, 11) is 0. The number of pyridine rings is 1. The minimum atomic E-state index is -0.0747. The van der Waals surface area contributed by atoms with Gasteiger partial charge >= 0.3 is 0 Å². The lowest BCUT2D eigenvalue weighted by atomic mass is 10.1. The van der Waals surface area contributed by atoms with Gasteiger partial charge in [-0.05, 0) is 12.1 Å². The fourth-order valence-electron chi connectivity index (χ4n) is 1.44. The van der Waals surface area contributed by atoms with Crippen LogP contribution < -0.4 is 5.73 Å². The standard InChI is InChI=1S/C11H10N2O/c12-7-10(14)9-5-1-3-8-4-2-6-13-11(8)9/h1-6H,7,12H2. The number of rotatable bonds is 2. The van der Waals surface area contributed by atoms with E-state index in [2.05, 4.69) is 4.98 Å². The molecule has 3 nitrogen and oxygen atoms in total. The normalized spacial score (nSPS) is 10.4. The van der Waals surface area contributed by atoms with Crippen LogP contribution in [0.15, 0.2) is 36.5 Å². The number of benzene rings is 1. The number of carbonyl (C=O) groups excluding carboxylic acids is 1. The molecule has 1 aromatic carbocycles. The number of hydrogen-bond acceptors (Lipinski definition) is 3. The van der Waals surface area contributed by atoms with E-state index in [-0.39, 0.29) is 12.3 Å². The van der Waals surface area contributed by atoms with Crippen LogP contribution in [-0.4, -0.2) is 17.3 Å². The fourth-order valence-corrected chi connectivity index (χ4v) is 1.44. The summed E-state index contributed by atoms with van der Waals surface area (Å²) in [6.07, 6.45) is 1.68. The van der Waals surface area contributed by atoms with Gasteiger partial charge in [-0.2, -0.15) is 0 Å². The van der Waals surface area contributed by atoms with E-state index < -0.39 is 0 Å². The van der Waals surface area contributed by atoms with E-state index in [4.69, 9.17) is 5.73 Å². The van der Waals surface area contributed by atoms with E-state index in [1.54, 1.807) is 12.3 Å². The third-order valence-corrected chi connectivity index (χ3v) is 2.12. The van der Waals surface area contributed by atoms with Crippen LogP contribution in [-0.2, 0) is 0 Å². The topological polar surface area (TPSA) is 56.0 Å². The van der Waals surface area contributed by atoms with Gasteiger partial charge in [-0.1, -0.05) is 18.2 Å². The van der Waals surface area contributed by atoms with Crippen LogP contribution in [0.5, 0.6) is 0 Å². The number of carbonyl (C=O) groups is 1. The lowest BCUT2D eigenvalue weighted by Gasteiger charge is -2.02. The third-order valence-electron chi connectivity index (χ3n) is 2.12. The van der Waals surface area contributed by atoms with Gasteiger partial charge in [0.1, 0.15) is 0 Å². The number of nitrogens with two attached hydrogens (primary N) is 1. The predicted octanol–water partition coefficient (Wildman–Crippen LogP) is 1.38. The van der Waals surface area contributed by atoms with E-state index >= 15 is 0 Å². The second kappa shape index (κ2) is 3.55. The molecule has 0 atom stereocenters. The Morgan fingerprint density at radius 1 is 1.29 bits per heavy atom. The zero-order valence-electron chi connectivity index (χ0n) is 7.60. The molecular weight excluding hydrogens is 176 g/mol. The van der Waals surface area contributed by atoms with Gasteiger partial charge in [0.25, 0.3) is 0 Å². The number of para-hydroxylation sites is 1. The Labute approximate surface area is 81.6 Å². The molecule has 0 bridgehead atoms. The molecule has 0 saturated heterocycles. The molecule has 0 saturated carbocycles. The summed E-state index contributed by atoms with van der Waals surface area (Å²) in [4.78, 5) is 15.6. The van der Waals surface area contributed by atoms with Crippen molar-refractivity contribution < 1.29 is 4.79 Å². The lowest BCUT2D eigenvalue weighted by Crippen LogP contribution is -2.14. The van der Waals surface area contributed by atoms with Crippen molar-refractivity contribution in [3.05, 3.63) is 42.1 Å². The second-order valence-electron chi connectivity index (χ2n) is 3.01. The number of ketones is 1. The fraction of sp³-hybridized carbons (Fsp3) is 0.0909. The molecule has 0 spiro atoms. The average molecular weight is 186 g/mol. The Morgan fingerprint density at radius 2 is 2.07 bits per heavy atom. The van der Waals surface area contributed by atoms with Crippen LogP contribution in [0.3, 0.4) is 0 Å². The highest BCUT2D eigenvalue weighted by molar-refractivity contribution is 6.07. The highest BCUT2D eigenvalue weighted by Crippen LogP contribution is 2.15. The first-order chi connectivity index (χ1) is 6.83. The van der Waals surface area contributed by atoms with Crippen molar-refractivity contribution in [2.75, 3.05) is 6.54 Å². The molecule has 14 heavy (non-hydrogen) atoms. The van der Waals surface area contributed by atoms with Crippen LogP contribution in [0.2, 0.25) is 0 Å². The van der Waals surface area contributed by atoms with Crippen molar-refractivity contribution in [1.29, 1.82) is 0 Å². The van der Waals surface area contributed by atoms with Crippen LogP contribution >= 0.6 is 0 Å². The van der Waals surface area contributed by atoms with Gasteiger partial charge in [0.15, 0.2) is 5.78 Å². The molecule has 0 aliphatic rings. The van der Waals surface area contributed by atoms with Gasteiger partial charge in [0.05, 0.1) is 12.1 Å². The first kappa shape index (κ1) is 8.84. The highest BCUT2D eigenvalue weighted by Gasteiger charge is 2.07. The minimum absolute atomic E-state index is 0.0235. The van der Waals surface area contributed by atoms with E-state index in [0.717, 1.165) is 10.9 Å². The lowest BCUT2D eigenvalue weighted by molar-refractivity contribution is 0.100. The second-order valence-corrected chi connectivity index (χ2v) is 3.01. The summed E-state index contributed by atoms with van der Waals surface area (Å²) in [5.41, 5.74) is 6.65. The molecule has 2 N–H and O–H groups in total. The van der Waals surface area contributed by atoms with Crippen molar-refractivity contribution in [2.45, 2.75) is 0 Å². The molecule has 70 valence electrons. The summed E-state index contributed by atoms with van der Waals surface area (Å²) in [5, 5.41) is 0.965. The highest BCUT2D eigenvalue weighted by atomic mass is 16.1. The molecule has 2 aromatic rings. The van der Waals surface area contributed by atoms with Gasteiger partial charge in [-0.25, -0.2) is 0 Å². The molecule has 1 heterocycles. The smallest absolute Gasteiger partial charge is 0.178 e. The maximum absolute atomic E-state index is 11.5. The Hall–Kier alpha value is -1.74. The summed E-state index contributed by atoms with van der Waals surface area (Å²) < 4.78 is 0. The predicted molar refractivity (Wildman–Crippen MR) is 55.1 cm³/mol. The number of aromatic nitrogens is 1. The van der Waals surface area contributed by atoms with E-state index in [9.17, 15) is 4.79 Å². The monoisotopic (exact) mass is 186 g/mol. The molecule has 0 aliphatic heterocycles. The van der Waals surface area contributed by atoms with Crippen molar-refractivity contribution >= 4 is 16.7 Å². The van der Waals surface area contributed by atoms with E-state index in [1.165, 1.54) is 0 Å². The zero-order valence-corrected chi connectivity index (χ0v) is 7.60. The summed E-state index contributed by atoms with van der Waals surface area (Å²) in [5.74, 6) is -0.0747. The largest absolute Gasteiger partial charge is 0.324 e. The van der Waals surface area contributed by atoms with Crippen LogP contribution in [0.25, 0.3) is 10.9 Å². The van der Waals surface area contributed by atoms with Crippen LogP contribution in [0.1, 0.15) is 10.4 Å². The zero-order chi connectivity index (χ0) is 9.97. The Balaban J connectivity index is 2.71. The third kappa shape index (κ3) is 1.38. The molecule has 0 amide bonds. The quantitative estimate of drug-likeness (QED) is 0.721. The Kier molecular flexibility index (Phi) is 2.24. The van der Waals surface area contributed by atoms with E-state index in [0.29, 0.717) is 5.56 Å². The van der Waals surface area contributed by atoms with Gasteiger partial charge in [-0.15, -0.1) is 0 Å². The van der Waals surface area contributed by atoms with Gasteiger partial charge in [0, 0.05) is 17.1 Å². The molecule has 1 aromatic heterocycles. The Morgan fingerprint density at radius 3 is 2.86 bits per heavy atom. The minimum Gasteiger partial charge on any atom is -0.324 e. The molecule has 0 radical (unpaired) electrons. The van der Waals surface area contributed by atoms with Crippen LogP contribution in [0, 0.1) is 0 Å². The maximum atomic E-state index is 11.5. The van der Waals surface area contributed by atoms with Crippen molar-refractivity contribution in [2.24, 2.45) is 5.73 Å². The van der Waals surface area contributed by atoms with Gasteiger partial charge < -0.3 is 5.73 Å². The summed E-state index contributed by atoms with van der Waals surface area (Å²) >= 11 is 0. The van der Waals surface area contributed by atoms with Crippen LogP contribution in [0.4, 0.5) is 0 Å². The molecule has 2 rings (SSSR count).